The number of halogens is 1. The quantitative estimate of drug-likeness (QED) is 0.672. The standard InChI is InChI=1S/C20H24ClNO3/c1-5-6-7-25-19-17(21)11-15(12-18(19)24-4)20(23)22-16-9-13(2)8-14(3)10-16/h8-12H,5-7H2,1-4H3,(H,22,23). The first kappa shape index (κ1) is 19.1. The van der Waals surface area contributed by atoms with Crippen LogP contribution in [0.4, 0.5) is 5.69 Å². The van der Waals surface area contributed by atoms with Crippen molar-refractivity contribution in [2.75, 3.05) is 19.0 Å². The summed E-state index contributed by atoms with van der Waals surface area (Å²) < 4.78 is 11.0. The Hall–Kier alpha value is -2.20. The number of amides is 1. The fraction of sp³-hybridized carbons (Fsp3) is 0.350. The zero-order valence-corrected chi connectivity index (χ0v) is 15.9. The van der Waals surface area contributed by atoms with Crippen molar-refractivity contribution in [1.29, 1.82) is 0 Å². The fourth-order valence-corrected chi connectivity index (χ4v) is 2.82. The topological polar surface area (TPSA) is 47.6 Å². The molecule has 0 saturated carbocycles. The van der Waals surface area contributed by atoms with E-state index in [-0.39, 0.29) is 5.91 Å². The summed E-state index contributed by atoms with van der Waals surface area (Å²) in [5.74, 6) is 0.681. The van der Waals surface area contributed by atoms with Crippen LogP contribution >= 0.6 is 11.6 Å². The zero-order chi connectivity index (χ0) is 18.4. The van der Waals surface area contributed by atoms with Gasteiger partial charge in [0.15, 0.2) is 11.5 Å². The maximum Gasteiger partial charge on any atom is 0.255 e. The Labute approximate surface area is 154 Å². The van der Waals surface area contributed by atoms with E-state index in [0.29, 0.717) is 28.7 Å². The highest BCUT2D eigenvalue weighted by molar-refractivity contribution is 6.32. The summed E-state index contributed by atoms with van der Waals surface area (Å²) in [6, 6.07) is 9.14. The number of nitrogens with one attached hydrogen (secondary N) is 1. The fourth-order valence-electron chi connectivity index (χ4n) is 2.56. The highest BCUT2D eigenvalue weighted by Gasteiger charge is 2.16. The van der Waals surface area contributed by atoms with Crippen molar-refractivity contribution in [3.63, 3.8) is 0 Å². The van der Waals surface area contributed by atoms with Gasteiger partial charge in [-0.3, -0.25) is 4.79 Å². The monoisotopic (exact) mass is 361 g/mol. The lowest BCUT2D eigenvalue weighted by Crippen LogP contribution is -2.13. The Morgan fingerprint density at radius 3 is 2.40 bits per heavy atom. The molecule has 2 aromatic carbocycles. The van der Waals surface area contributed by atoms with Crippen LogP contribution in [0.15, 0.2) is 30.3 Å². The van der Waals surface area contributed by atoms with Crippen LogP contribution < -0.4 is 14.8 Å². The average molecular weight is 362 g/mol. The maximum atomic E-state index is 12.6. The predicted octanol–water partition coefficient (Wildman–Crippen LogP) is 5.40. The van der Waals surface area contributed by atoms with Gasteiger partial charge in [0, 0.05) is 11.3 Å². The van der Waals surface area contributed by atoms with Crippen LogP contribution in [0.1, 0.15) is 41.3 Å². The number of aryl methyl sites for hydroxylation is 2. The van der Waals surface area contributed by atoms with Gasteiger partial charge in [0.05, 0.1) is 18.7 Å². The Morgan fingerprint density at radius 2 is 1.80 bits per heavy atom. The summed E-state index contributed by atoms with van der Waals surface area (Å²) in [5, 5.41) is 3.26. The van der Waals surface area contributed by atoms with Gasteiger partial charge in [-0.2, -0.15) is 0 Å². The summed E-state index contributed by atoms with van der Waals surface area (Å²) in [4.78, 5) is 12.6. The Morgan fingerprint density at radius 1 is 1.12 bits per heavy atom. The first-order valence-electron chi connectivity index (χ1n) is 8.34. The first-order valence-corrected chi connectivity index (χ1v) is 8.72. The van der Waals surface area contributed by atoms with E-state index in [9.17, 15) is 4.79 Å². The van der Waals surface area contributed by atoms with E-state index in [0.717, 1.165) is 29.7 Å². The number of carbonyl (C=O) groups is 1. The molecule has 0 atom stereocenters. The number of ether oxygens (including phenoxy) is 2. The molecule has 0 unspecified atom stereocenters. The third-order valence-corrected chi connectivity index (χ3v) is 4.00. The molecule has 5 heteroatoms. The third kappa shape index (κ3) is 5.13. The van der Waals surface area contributed by atoms with Crippen molar-refractivity contribution in [1.82, 2.24) is 0 Å². The SMILES string of the molecule is CCCCOc1c(Cl)cc(C(=O)Nc2cc(C)cc(C)c2)cc1OC. The van der Waals surface area contributed by atoms with Gasteiger partial charge in [-0.15, -0.1) is 0 Å². The Balaban J connectivity index is 2.23. The van der Waals surface area contributed by atoms with E-state index in [4.69, 9.17) is 21.1 Å². The molecule has 0 heterocycles. The molecule has 1 amide bonds. The molecule has 25 heavy (non-hydrogen) atoms. The Bertz CT molecular complexity index is 739. The molecular formula is C20H24ClNO3. The smallest absolute Gasteiger partial charge is 0.255 e. The summed E-state index contributed by atoms with van der Waals surface area (Å²) in [6.45, 7) is 6.62. The largest absolute Gasteiger partial charge is 0.493 e. The third-order valence-electron chi connectivity index (χ3n) is 3.72. The zero-order valence-electron chi connectivity index (χ0n) is 15.1. The van der Waals surface area contributed by atoms with Crippen LogP contribution in [0.2, 0.25) is 5.02 Å². The molecule has 0 saturated heterocycles. The van der Waals surface area contributed by atoms with Crippen molar-refractivity contribution in [2.45, 2.75) is 33.6 Å². The van der Waals surface area contributed by atoms with Crippen molar-refractivity contribution in [2.24, 2.45) is 0 Å². The van der Waals surface area contributed by atoms with Crippen LogP contribution in [0.25, 0.3) is 0 Å². The second kappa shape index (κ2) is 8.77. The number of anilines is 1. The number of benzene rings is 2. The lowest BCUT2D eigenvalue weighted by atomic mass is 10.1. The van der Waals surface area contributed by atoms with Crippen LogP contribution in [0, 0.1) is 13.8 Å². The number of hydrogen-bond donors (Lipinski definition) is 1. The predicted molar refractivity (Wildman–Crippen MR) is 102 cm³/mol. The molecule has 0 aliphatic rings. The minimum absolute atomic E-state index is 0.245. The molecule has 0 aliphatic carbocycles. The van der Waals surface area contributed by atoms with Crippen LogP contribution in [-0.4, -0.2) is 19.6 Å². The van der Waals surface area contributed by atoms with E-state index < -0.39 is 0 Å². The van der Waals surface area contributed by atoms with Crippen molar-refractivity contribution >= 4 is 23.2 Å². The highest BCUT2D eigenvalue weighted by Crippen LogP contribution is 2.36. The molecule has 134 valence electrons. The van der Waals surface area contributed by atoms with Gasteiger partial charge in [0.25, 0.3) is 5.91 Å². The molecule has 1 N–H and O–H groups in total. The molecule has 4 nitrogen and oxygen atoms in total. The summed E-state index contributed by atoms with van der Waals surface area (Å²) in [6.07, 6.45) is 1.95. The van der Waals surface area contributed by atoms with Crippen LogP contribution in [0.5, 0.6) is 11.5 Å². The minimum Gasteiger partial charge on any atom is -0.493 e. The van der Waals surface area contributed by atoms with E-state index in [1.807, 2.05) is 26.0 Å². The summed E-state index contributed by atoms with van der Waals surface area (Å²) in [5.41, 5.74) is 3.35. The molecule has 0 aromatic heterocycles. The lowest BCUT2D eigenvalue weighted by Gasteiger charge is -2.14. The molecule has 0 spiro atoms. The van der Waals surface area contributed by atoms with E-state index in [1.165, 1.54) is 7.11 Å². The van der Waals surface area contributed by atoms with Gasteiger partial charge in [-0.1, -0.05) is 31.0 Å². The number of hydrogen-bond acceptors (Lipinski definition) is 3. The van der Waals surface area contributed by atoms with Crippen molar-refractivity contribution in [3.8, 4) is 11.5 Å². The van der Waals surface area contributed by atoms with E-state index in [1.54, 1.807) is 12.1 Å². The second-order valence-corrected chi connectivity index (χ2v) is 6.43. The summed E-state index contributed by atoms with van der Waals surface area (Å²) in [7, 11) is 1.53. The second-order valence-electron chi connectivity index (χ2n) is 6.02. The highest BCUT2D eigenvalue weighted by atomic mass is 35.5. The van der Waals surface area contributed by atoms with Crippen LogP contribution in [-0.2, 0) is 0 Å². The molecule has 2 rings (SSSR count). The van der Waals surface area contributed by atoms with Gasteiger partial charge in [0.2, 0.25) is 0 Å². The van der Waals surface area contributed by atoms with Gasteiger partial charge < -0.3 is 14.8 Å². The van der Waals surface area contributed by atoms with Crippen molar-refractivity contribution in [3.05, 3.63) is 52.0 Å². The van der Waals surface area contributed by atoms with Crippen LogP contribution in [0.3, 0.4) is 0 Å². The normalized spacial score (nSPS) is 10.4. The summed E-state index contributed by atoms with van der Waals surface area (Å²) >= 11 is 6.30. The number of carbonyl (C=O) groups excluding carboxylic acids is 1. The Kier molecular flexibility index (Phi) is 6.71. The minimum atomic E-state index is -0.245. The van der Waals surface area contributed by atoms with Gasteiger partial charge in [-0.25, -0.2) is 0 Å². The van der Waals surface area contributed by atoms with Gasteiger partial charge >= 0.3 is 0 Å². The van der Waals surface area contributed by atoms with E-state index in [2.05, 4.69) is 18.3 Å². The average Bonchev–Trinajstić information content (AvgIpc) is 2.55. The number of rotatable bonds is 7. The van der Waals surface area contributed by atoms with Gasteiger partial charge in [-0.05, 0) is 55.7 Å². The molecular weight excluding hydrogens is 338 g/mol. The lowest BCUT2D eigenvalue weighted by molar-refractivity contribution is 0.102. The molecule has 0 bridgehead atoms. The van der Waals surface area contributed by atoms with E-state index >= 15 is 0 Å². The van der Waals surface area contributed by atoms with Gasteiger partial charge in [0.1, 0.15) is 0 Å². The molecule has 0 radical (unpaired) electrons. The maximum absolute atomic E-state index is 12.6. The molecule has 2 aromatic rings. The van der Waals surface area contributed by atoms with Crippen molar-refractivity contribution < 1.29 is 14.3 Å². The first-order chi connectivity index (χ1) is 11.9. The number of unbranched alkanes of at least 4 members (excludes halogenated alkanes) is 1. The molecule has 0 fully saturated rings. The number of methoxy groups -OCH3 is 1. The molecule has 0 aliphatic heterocycles.